The van der Waals surface area contributed by atoms with Gasteiger partial charge in [0.15, 0.2) is 0 Å². The van der Waals surface area contributed by atoms with Gasteiger partial charge in [-0.05, 0) is 18.6 Å². The predicted molar refractivity (Wildman–Crippen MR) is 54.1 cm³/mol. The standard InChI is InChI=1S/C11H13FN2/c12-10-2-1-3-11-9(10)6-8-7-13-4-5-14(8)11/h1-3,8,13H,4-7H2. The molecular formula is C11H13FN2. The maximum absolute atomic E-state index is 13.5. The summed E-state index contributed by atoms with van der Waals surface area (Å²) in [7, 11) is 0. The summed E-state index contributed by atoms with van der Waals surface area (Å²) in [5.74, 6) is -0.0445. The highest BCUT2D eigenvalue weighted by Crippen LogP contribution is 2.34. The van der Waals surface area contributed by atoms with Gasteiger partial charge in [-0.1, -0.05) is 6.07 Å². The van der Waals surface area contributed by atoms with E-state index in [0.29, 0.717) is 6.04 Å². The highest BCUT2D eigenvalue weighted by molar-refractivity contribution is 5.60. The van der Waals surface area contributed by atoms with E-state index in [1.807, 2.05) is 6.07 Å². The second kappa shape index (κ2) is 2.95. The Hall–Kier alpha value is -1.09. The summed E-state index contributed by atoms with van der Waals surface area (Å²) in [6.45, 7) is 2.99. The van der Waals surface area contributed by atoms with Crippen LogP contribution >= 0.6 is 0 Å². The maximum atomic E-state index is 13.5. The molecule has 14 heavy (non-hydrogen) atoms. The Balaban J connectivity index is 2.05. The zero-order valence-electron chi connectivity index (χ0n) is 7.96. The van der Waals surface area contributed by atoms with Gasteiger partial charge in [0.25, 0.3) is 0 Å². The number of halogens is 1. The zero-order valence-corrected chi connectivity index (χ0v) is 7.96. The largest absolute Gasteiger partial charge is 0.365 e. The number of piperazine rings is 1. The van der Waals surface area contributed by atoms with E-state index in [2.05, 4.69) is 10.2 Å². The van der Waals surface area contributed by atoms with Crippen molar-refractivity contribution < 1.29 is 4.39 Å². The molecular weight excluding hydrogens is 179 g/mol. The van der Waals surface area contributed by atoms with Gasteiger partial charge >= 0.3 is 0 Å². The number of hydrogen-bond acceptors (Lipinski definition) is 2. The second-order valence-corrected chi connectivity index (χ2v) is 3.99. The smallest absolute Gasteiger partial charge is 0.128 e. The van der Waals surface area contributed by atoms with Crippen LogP contribution in [0.25, 0.3) is 0 Å². The van der Waals surface area contributed by atoms with Crippen LogP contribution in [0.5, 0.6) is 0 Å². The molecule has 1 atom stereocenters. The minimum absolute atomic E-state index is 0.0445. The Morgan fingerprint density at radius 1 is 1.43 bits per heavy atom. The molecule has 0 spiro atoms. The Kier molecular flexibility index (Phi) is 1.74. The van der Waals surface area contributed by atoms with Crippen LogP contribution in [0.15, 0.2) is 18.2 Å². The molecule has 2 nitrogen and oxygen atoms in total. The van der Waals surface area contributed by atoms with Gasteiger partial charge in [-0.25, -0.2) is 4.39 Å². The van der Waals surface area contributed by atoms with Crippen LogP contribution in [0.3, 0.4) is 0 Å². The van der Waals surface area contributed by atoms with Crippen molar-refractivity contribution in [3.05, 3.63) is 29.6 Å². The first-order valence-corrected chi connectivity index (χ1v) is 5.11. The number of nitrogens with zero attached hydrogens (tertiary/aromatic N) is 1. The van der Waals surface area contributed by atoms with Gasteiger partial charge in [0.05, 0.1) is 0 Å². The van der Waals surface area contributed by atoms with Crippen LogP contribution in [0.1, 0.15) is 5.56 Å². The summed E-state index contributed by atoms with van der Waals surface area (Å²) < 4.78 is 13.5. The average molecular weight is 192 g/mol. The number of hydrogen-bond donors (Lipinski definition) is 1. The quantitative estimate of drug-likeness (QED) is 0.663. The molecule has 0 aliphatic carbocycles. The molecule has 0 saturated carbocycles. The molecule has 3 rings (SSSR count). The first-order chi connectivity index (χ1) is 6.86. The fourth-order valence-corrected chi connectivity index (χ4v) is 2.51. The third kappa shape index (κ3) is 1.05. The fourth-order valence-electron chi connectivity index (χ4n) is 2.51. The van der Waals surface area contributed by atoms with Crippen molar-refractivity contribution in [1.82, 2.24) is 5.32 Å². The van der Waals surface area contributed by atoms with E-state index in [0.717, 1.165) is 37.3 Å². The van der Waals surface area contributed by atoms with Gasteiger partial charge in [0.2, 0.25) is 0 Å². The molecule has 0 bridgehead atoms. The lowest BCUT2D eigenvalue weighted by Crippen LogP contribution is -2.49. The summed E-state index contributed by atoms with van der Waals surface area (Å²) in [4.78, 5) is 2.33. The Bertz CT molecular complexity index is 364. The highest BCUT2D eigenvalue weighted by Gasteiger charge is 2.32. The van der Waals surface area contributed by atoms with Crippen molar-refractivity contribution in [3.63, 3.8) is 0 Å². The Labute approximate surface area is 82.7 Å². The van der Waals surface area contributed by atoms with E-state index in [9.17, 15) is 4.39 Å². The Morgan fingerprint density at radius 2 is 2.36 bits per heavy atom. The molecule has 1 unspecified atom stereocenters. The van der Waals surface area contributed by atoms with Crippen LogP contribution in [-0.4, -0.2) is 25.7 Å². The molecule has 1 aromatic rings. The first kappa shape index (κ1) is 8.24. The van der Waals surface area contributed by atoms with E-state index in [1.165, 1.54) is 0 Å². The number of rotatable bonds is 0. The van der Waals surface area contributed by atoms with Gasteiger partial charge in [0, 0.05) is 36.9 Å². The van der Waals surface area contributed by atoms with E-state index < -0.39 is 0 Å². The lowest BCUT2D eigenvalue weighted by molar-refractivity contribution is 0.492. The molecule has 1 saturated heterocycles. The predicted octanol–water partition coefficient (Wildman–Crippen LogP) is 1.16. The summed E-state index contributed by atoms with van der Waals surface area (Å²) in [6, 6.07) is 5.86. The van der Waals surface area contributed by atoms with Crippen molar-refractivity contribution in [2.75, 3.05) is 24.5 Å². The van der Waals surface area contributed by atoms with Crippen molar-refractivity contribution in [2.45, 2.75) is 12.5 Å². The molecule has 2 aliphatic rings. The van der Waals surface area contributed by atoms with Crippen molar-refractivity contribution in [3.8, 4) is 0 Å². The normalized spacial score (nSPS) is 24.6. The number of anilines is 1. The summed E-state index contributed by atoms with van der Waals surface area (Å²) in [5, 5.41) is 3.35. The summed E-state index contributed by atoms with van der Waals surface area (Å²) >= 11 is 0. The lowest BCUT2D eigenvalue weighted by atomic mass is 10.1. The minimum atomic E-state index is -0.0445. The topological polar surface area (TPSA) is 15.3 Å². The van der Waals surface area contributed by atoms with Gasteiger partial charge in [-0.3, -0.25) is 0 Å². The van der Waals surface area contributed by atoms with Crippen LogP contribution in [0.2, 0.25) is 0 Å². The molecule has 0 radical (unpaired) electrons. The first-order valence-electron chi connectivity index (χ1n) is 5.11. The molecule has 1 aromatic carbocycles. The monoisotopic (exact) mass is 192 g/mol. The van der Waals surface area contributed by atoms with Crippen LogP contribution in [-0.2, 0) is 6.42 Å². The molecule has 2 heterocycles. The summed E-state index contributed by atoms with van der Waals surface area (Å²) in [5.41, 5.74) is 2.01. The van der Waals surface area contributed by atoms with Crippen molar-refractivity contribution in [1.29, 1.82) is 0 Å². The van der Waals surface area contributed by atoms with Crippen LogP contribution < -0.4 is 10.2 Å². The van der Waals surface area contributed by atoms with Gasteiger partial charge < -0.3 is 10.2 Å². The lowest BCUT2D eigenvalue weighted by Gasteiger charge is -2.32. The summed E-state index contributed by atoms with van der Waals surface area (Å²) in [6.07, 6.45) is 0.856. The maximum Gasteiger partial charge on any atom is 0.128 e. The van der Waals surface area contributed by atoms with E-state index >= 15 is 0 Å². The van der Waals surface area contributed by atoms with Gasteiger partial charge in [-0.15, -0.1) is 0 Å². The number of benzene rings is 1. The van der Waals surface area contributed by atoms with Crippen molar-refractivity contribution in [2.24, 2.45) is 0 Å². The molecule has 1 N–H and O–H groups in total. The van der Waals surface area contributed by atoms with Crippen LogP contribution in [0.4, 0.5) is 10.1 Å². The second-order valence-electron chi connectivity index (χ2n) is 3.99. The fraction of sp³-hybridized carbons (Fsp3) is 0.455. The van der Waals surface area contributed by atoms with E-state index in [1.54, 1.807) is 12.1 Å². The number of nitrogens with one attached hydrogen (secondary N) is 1. The van der Waals surface area contributed by atoms with Crippen LogP contribution in [0, 0.1) is 5.82 Å². The van der Waals surface area contributed by atoms with Gasteiger partial charge in [-0.2, -0.15) is 0 Å². The third-order valence-electron chi connectivity index (χ3n) is 3.19. The SMILES string of the molecule is Fc1cccc2c1CC1CNCCN21. The Morgan fingerprint density at radius 3 is 3.29 bits per heavy atom. The molecule has 74 valence electrons. The molecule has 0 aromatic heterocycles. The minimum Gasteiger partial charge on any atom is -0.365 e. The molecule has 2 aliphatic heterocycles. The average Bonchev–Trinajstić information content (AvgIpc) is 2.59. The molecule has 1 fully saturated rings. The molecule has 0 amide bonds. The van der Waals surface area contributed by atoms with E-state index in [4.69, 9.17) is 0 Å². The highest BCUT2D eigenvalue weighted by atomic mass is 19.1. The number of fused-ring (bicyclic) bond motifs is 3. The zero-order chi connectivity index (χ0) is 9.54. The molecule has 3 heteroatoms. The van der Waals surface area contributed by atoms with E-state index in [-0.39, 0.29) is 5.82 Å². The van der Waals surface area contributed by atoms with Gasteiger partial charge in [0.1, 0.15) is 5.82 Å². The third-order valence-corrected chi connectivity index (χ3v) is 3.19. The van der Waals surface area contributed by atoms with Crippen molar-refractivity contribution >= 4 is 5.69 Å².